The molecule has 1 aromatic heterocycles. The number of fused-ring (bicyclic) bond motifs is 1. The Morgan fingerprint density at radius 2 is 2.09 bits per heavy atom. The summed E-state index contributed by atoms with van der Waals surface area (Å²) in [6.07, 6.45) is 0.124. The monoisotopic (exact) mass is 356 g/mol. The van der Waals surface area contributed by atoms with Crippen molar-refractivity contribution in [2.45, 2.75) is 18.9 Å². The standard InChI is InChI=1S/C15H10Cl2O4S/c1-15(14(19)20)6-7-5-8(10(16)11(17)13(7)21-15)12(18)9-3-2-4-22-9/h2-5H,6H2,1H3,(H,19,20). The molecule has 7 heteroatoms. The number of carbonyl (C=O) groups is 2. The average molecular weight is 357 g/mol. The van der Waals surface area contributed by atoms with Gasteiger partial charge >= 0.3 is 5.97 Å². The number of carboxylic acids is 1. The van der Waals surface area contributed by atoms with Crippen LogP contribution in [0.1, 0.15) is 27.7 Å². The third kappa shape index (κ3) is 2.29. The molecule has 4 nitrogen and oxygen atoms in total. The minimum Gasteiger partial charge on any atom is -0.478 e. The van der Waals surface area contributed by atoms with E-state index in [4.69, 9.17) is 27.9 Å². The van der Waals surface area contributed by atoms with Crippen molar-refractivity contribution < 1.29 is 19.4 Å². The Bertz CT molecular complexity index is 785. The minimum atomic E-state index is -1.40. The van der Waals surface area contributed by atoms with Gasteiger partial charge in [0.25, 0.3) is 0 Å². The summed E-state index contributed by atoms with van der Waals surface area (Å²) < 4.78 is 5.47. The molecule has 0 saturated heterocycles. The van der Waals surface area contributed by atoms with E-state index >= 15 is 0 Å². The van der Waals surface area contributed by atoms with Gasteiger partial charge in [-0.2, -0.15) is 0 Å². The Labute approximate surface area is 140 Å². The number of thiophene rings is 1. The SMILES string of the molecule is CC1(C(=O)O)Cc2cc(C(=O)c3cccs3)c(Cl)c(Cl)c2O1. The quantitative estimate of drug-likeness (QED) is 0.842. The third-order valence-corrected chi connectivity index (χ3v) is 5.25. The maximum Gasteiger partial charge on any atom is 0.348 e. The largest absolute Gasteiger partial charge is 0.478 e. The highest BCUT2D eigenvalue weighted by Gasteiger charge is 2.44. The minimum absolute atomic E-state index is 0.0732. The number of carboxylic acid groups (broad SMARTS) is 1. The Morgan fingerprint density at radius 1 is 1.36 bits per heavy atom. The molecule has 0 bridgehead atoms. The van der Waals surface area contributed by atoms with Crippen LogP contribution >= 0.6 is 34.5 Å². The average Bonchev–Trinajstić information content (AvgIpc) is 3.10. The summed E-state index contributed by atoms with van der Waals surface area (Å²) >= 11 is 13.7. The topological polar surface area (TPSA) is 63.6 Å². The summed E-state index contributed by atoms with van der Waals surface area (Å²) in [5.74, 6) is -1.10. The smallest absolute Gasteiger partial charge is 0.348 e. The van der Waals surface area contributed by atoms with Crippen LogP contribution in [0, 0.1) is 0 Å². The lowest BCUT2D eigenvalue weighted by molar-refractivity contribution is -0.152. The van der Waals surface area contributed by atoms with Gasteiger partial charge in [0.15, 0.2) is 0 Å². The maximum absolute atomic E-state index is 12.5. The number of aliphatic carboxylic acids is 1. The van der Waals surface area contributed by atoms with Crippen molar-refractivity contribution in [3.05, 3.63) is 49.6 Å². The zero-order valence-corrected chi connectivity index (χ0v) is 13.7. The van der Waals surface area contributed by atoms with Crippen LogP contribution < -0.4 is 4.74 Å². The van der Waals surface area contributed by atoms with E-state index in [0.29, 0.717) is 10.4 Å². The van der Waals surface area contributed by atoms with E-state index in [1.165, 1.54) is 18.3 Å². The molecule has 1 aliphatic rings. The van der Waals surface area contributed by atoms with Crippen LogP contribution in [0.2, 0.25) is 10.0 Å². The first-order valence-corrected chi connectivity index (χ1v) is 7.98. The lowest BCUT2D eigenvalue weighted by atomic mass is 9.97. The summed E-state index contributed by atoms with van der Waals surface area (Å²) in [5, 5.41) is 11.2. The molecular formula is C15H10Cl2O4S. The summed E-state index contributed by atoms with van der Waals surface area (Å²) in [6, 6.07) is 5.04. The van der Waals surface area contributed by atoms with Gasteiger partial charge in [0.05, 0.1) is 9.90 Å². The van der Waals surface area contributed by atoms with E-state index < -0.39 is 11.6 Å². The van der Waals surface area contributed by atoms with Crippen LogP contribution in [0.4, 0.5) is 0 Å². The van der Waals surface area contributed by atoms with Gasteiger partial charge in [0.1, 0.15) is 10.8 Å². The Kier molecular flexibility index (Phi) is 3.67. The van der Waals surface area contributed by atoms with Crippen molar-refractivity contribution in [2.75, 3.05) is 0 Å². The number of ketones is 1. The molecule has 1 aliphatic heterocycles. The molecule has 2 heterocycles. The molecule has 114 valence electrons. The summed E-state index contributed by atoms with van der Waals surface area (Å²) in [7, 11) is 0. The molecule has 1 N–H and O–H groups in total. The first-order chi connectivity index (χ1) is 10.3. The normalized spacial score (nSPS) is 19.6. The Balaban J connectivity index is 2.09. The van der Waals surface area contributed by atoms with Crippen molar-refractivity contribution in [1.29, 1.82) is 0 Å². The highest BCUT2D eigenvalue weighted by atomic mass is 35.5. The molecular weight excluding hydrogens is 347 g/mol. The summed E-state index contributed by atoms with van der Waals surface area (Å²) in [6.45, 7) is 1.46. The molecule has 0 fully saturated rings. The van der Waals surface area contributed by atoms with Crippen LogP contribution in [0.3, 0.4) is 0 Å². The van der Waals surface area contributed by atoms with E-state index in [9.17, 15) is 14.7 Å². The van der Waals surface area contributed by atoms with Crippen molar-refractivity contribution in [1.82, 2.24) is 0 Å². The lowest BCUT2D eigenvalue weighted by Crippen LogP contribution is -2.39. The fourth-order valence-corrected chi connectivity index (χ4v) is 3.52. The van der Waals surface area contributed by atoms with Crippen molar-refractivity contribution in [3.8, 4) is 5.75 Å². The van der Waals surface area contributed by atoms with Gasteiger partial charge in [-0.1, -0.05) is 29.3 Å². The van der Waals surface area contributed by atoms with Gasteiger partial charge in [-0.15, -0.1) is 11.3 Å². The Morgan fingerprint density at radius 3 is 2.68 bits per heavy atom. The van der Waals surface area contributed by atoms with Gasteiger partial charge in [-0.25, -0.2) is 4.79 Å². The zero-order chi connectivity index (χ0) is 16.1. The van der Waals surface area contributed by atoms with Crippen LogP contribution in [0.5, 0.6) is 5.75 Å². The van der Waals surface area contributed by atoms with E-state index in [2.05, 4.69) is 0 Å². The predicted molar refractivity (Wildman–Crippen MR) is 84.6 cm³/mol. The number of hydrogen-bond donors (Lipinski definition) is 1. The van der Waals surface area contributed by atoms with Gasteiger partial charge in [-0.3, -0.25) is 4.79 Å². The van der Waals surface area contributed by atoms with Crippen molar-refractivity contribution in [3.63, 3.8) is 0 Å². The second-order valence-corrected chi connectivity index (χ2v) is 6.87. The van der Waals surface area contributed by atoms with E-state index in [-0.39, 0.29) is 33.6 Å². The molecule has 1 aromatic carbocycles. The molecule has 0 saturated carbocycles. The molecule has 22 heavy (non-hydrogen) atoms. The van der Waals surface area contributed by atoms with E-state index in [1.54, 1.807) is 23.6 Å². The highest BCUT2D eigenvalue weighted by Crippen LogP contribution is 2.45. The predicted octanol–water partition coefficient (Wildman–Crippen LogP) is 4.06. The number of carbonyl (C=O) groups excluding carboxylic acids is 1. The first kappa shape index (κ1) is 15.3. The van der Waals surface area contributed by atoms with Gasteiger partial charge in [-0.05, 0) is 24.4 Å². The van der Waals surface area contributed by atoms with Crippen LogP contribution in [-0.2, 0) is 11.2 Å². The summed E-state index contributed by atoms with van der Waals surface area (Å²) in [4.78, 5) is 24.4. The zero-order valence-electron chi connectivity index (χ0n) is 11.4. The fraction of sp³-hybridized carbons (Fsp3) is 0.200. The van der Waals surface area contributed by atoms with Crippen molar-refractivity contribution in [2.24, 2.45) is 0 Å². The molecule has 0 radical (unpaired) electrons. The molecule has 1 atom stereocenters. The van der Waals surface area contributed by atoms with E-state index in [1.807, 2.05) is 0 Å². The van der Waals surface area contributed by atoms with Crippen LogP contribution in [-0.4, -0.2) is 22.5 Å². The molecule has 1 unspecified atom stereocenters. The van der Waals surface area contributed by atoms with Crippen LogP contribution in [0.25, 0.3) is 0 Å². The third-order valence-electron chi connectivity index (χ3n) is 3.54. The van der Waals surface area contributed by atoms with Gasteiger partial charge in [0, 0.05) is 17.5 Å². The molecule has 2 aromatic rings. The van der Waals surface area contributed by atoms with Crippen LogP contribution in [0.15, 0.2) is 23.6 Å². The van der Waals surface area contributed by atoms with Crippen molar-refractivity contribution >= 4 is 46.3 Å². The van der Waals surface area contributed by atoms with Gasteiger partial charge < -0.3 is 9.84 Å². The fourth-order valence-electron chi connectivity index (χ4n) is 2.35. The number of ether oxygens (including phenoxy) is 1. The van der Waals surface area contributed by atoms with Gasteiger partial charge in [0.2, 0.25) is 11.4 Å². The highest BCUT2D eigenvalue weighted by molar-refractivity contribution is 7.12. The molecule has 0 aliphatic carbocycles. The second kappa shape index (κ2) is 5.26. The summed E-state index contributed by atoms with van der Waals surface area (Å²) in [5.41, 5.74) is -0.579. The van der Waals surface area contributed by atoms with E-state index in [0.717, 1.165) is 0 Å². The molecule has 0 amide bonds. The lowest BCUT2D eigenvalue weighted by Gasteiger charge is -2.18. The Hall–Kier alpha value is -1.56. The number of benzene rings is 1. The maximum atomic E-state index is 12.5. The number of hydrogen-bond acceptors (Lipinski definition) is 4. The first-order valence-electron chi connectivity index (χ1n) is 6.35. The number of rotatable bonds is 3. The second-order valence-electron chi connectivity index (χ2n) is 5.16. The molecule has 3 rings (SSSR count). The number of halogens is 2. The molecule has 0 spiro atoms.